The minimum atomic E-state index is 0.588. The summed E-state index contributed by atoms with van der Waals surface area (Å²) in [6.45, 7) is 3.17. The van der Waals surface area contributed by atoms with E-state index in [9.17, 15) is 0 Å². The van der Waals surface area contributed by atoms with Gasteiger partial charge in [-0.15, -0.1) is 0 Å². The molecule has 0 heterocycles. The molecular weight excluding hydrogens is 310 g/mol. The van der Waals surface area contributed by atoms with E-state index >= 15 is 0 Å². The highest BCUT2D eigenvalue weighted by molar-refractivity contribution is 9.10. The normalized spacial score (nSPS) is 18.8. The first kappa shape index (κ1) is 14.4. The number of nitrogens with one attached hydrogen (secondary N) is 1. The molecule has 0 unspecified atom stereocenters. The topological polar surface area (TPSA) is 12.0 Å². The Kier molecular flexibility index (Phi) is 5.53. The maximum absolute atomic E-state index is 6.23. The Labute approximate surface area is 123 Å². The van der Waals surface area contributed by atoms with Crippen LogP contribution in [0.5, 0.6) is 0 Å². The van der Waals surface area contributed by atoms with Crippen LogP contribution in [0.15, 0.2) is 22.7 Å². The maximum atomic E-state index is 6.23. The van der Waals surface area contributed by atoms with Crippen LogP contribution in [0.1, 0.15) is 44.6 Å². The summed E-state index contributed by atoms with van der Waals surface area (Å²) >= 11 is 9.66. The van der Waals surface area contributed by atoms with Gasteiger partial charge in [0.1, 0.15) is 0 Å². The van der Waals surface area contributed by atoms with E-state index in [1.165, 1.54) is 37.7 Å². The van der Waals surface area contributed by atoms with Crippen molar-refractivity contribution >= 4 is 27.5 Å². The zero-order valence-corrected chi connectivity index (χ0v) is 13.2. The second-order valence-corrected chi connectivity index (χ2v) is 6.63. The molecule has 18 heavy (non-hydrogen) atoms. The highest BCUT2D eigenvalue weighted by atomic mass is 79.9. The second kappa shape index (κ2) is 6.93. The van der Waals surface area contributed by atoms with Crippen molar-refractivity contribution < 1.29 is 0 Å². The Bertz CT molecular complexity index is 388. The molecule has 0 bridgehead atoms. The number of hydrogen-bond acceptors (Lipinski definition) is 1. The molecule has 1 fully saturated rings. The summed E-state index contributed by atoms with van der Waals surface area (Å²) in [5.74, 6) is 0.841. The minimum absolute atomic E-state index is 0.588. The second-order valence-electron chi connectivity index (χ2n) is 5.30. The van der Waals surface area contributed by atoms with Gasteiger partial charge in [-0.1, -0.05) is 52.9 Å². The van der Waals surface area contributed by atoms with E-state index in [1.54, 1.807) is 0 Å². The molecule has 1 aliphatic rings. The summed E-state index contributed by atoms with van der Waals surface area (Å²) in [6, 6.07) is 6.69. The van der Waals surface area contributed by atoms with Gasteiger partial charge < -0.3 is 5.32 Å². The molecule has 0 spiro atoms. The summed E-state index contributed by atoms with van der Waals surface area (Å²) in [6.07, 6.45) is 6.97. The Morgan fingerprint density at radius 2 is 2.06 bits per heavy atom. The average Bonchev–Trinajstić information content (AvgIpc) is 2.38. The first-order chi connectivity index (χ1) is 8.66. The quantitative estimate of drug-likeness (QED) is 0.804. The molecule has 0 radical (unpaired) electrons. The summed E-state index contributed by atoms with van der Waals surface area (Å²) in [5.41, 5.74) is 1.18. The van der Waals surface area contributed by atoms with E-state index in [2.05, 4.69) is 34.2 Å². The van der Waals surface area contributed by atoms with E-state index in [0.717, 1.165) is 22.0 Å². The Hall–Kier alpha value is -0.0500. The molecule has 0 aromatic heterocycles. The highest BCUT2D eigenvalue weighted by Gasteiger charge is 2.19. The van der Waals surface area contributed by atoms with Gasteiger partial charge in [-0.2, -0.15) is 0 Å². The molecule has 1 atom stereocenters. The van der Waals surface area contributed by atoms with Crippen molar-refractivity contribution in [3.63, 3.8) is 0 Å². The Morgan fingerprint density at radius 1 is 1.33 bits per heavy atom. The van der Waals surface area contributed by atoms with Crippen LogP contribution in [0.3, 0.4) is 0 Å². The van der Waals surface area contributed by atoms with Crippen molar-refractivity contribution in [3.8, 4) is 0 Å². The van der Waals surface area contributed by atoms with Crippen LogP contribution in [0.4, 0.5) is 0 Å². The fourth-order valence-corrected chi connectivity index (χ4v) is 3.48. The van der Waals surface area contributed by atoms with Crippen LogP contribution in [0, 0.1) is 5.92 Å². The van der Waals surface area contributed by atoms with Crippen LogP contribution >= 0.6 is 27.5 Å². The molecule has 100 valence electrons. The smallest absolute Gasteiger partial charge is 0.0462 e. The first-order valence-corrected chi connectivity index (χ1v) is 8.01. The first-order valence-electron chi connectivity index (χ1n) is 6.84. The summed E-state index contributed by atoms with van der Waals surface area (Å²) < 4.78 is 1.04. The molecule has 1 saturated carbocycles. The number of benzene rings is 1. The van der Waals surface area contributed by atoms with Crippen molar-refractivity contribution in [1.82, 2.24) is 5.32 Å². The largest absolute Gasteiger partial charge is 0.310 e. The van der Waals surface area contributed by atoms with Crippen LogP contribution < -0.4 is 5.32 Å². The van der Waals surface area contributed by atoms with Crippen LogP contribution in [-0.4, -0.2) is 6.04 Å². The lowest BCUT2D eigenvalue weighted by Gasteiger charge is -2.28. The van der Waals surface area contributed by atoms with Gasteiger partial charge >= 0.3 is 0 Å². The summed E-state index contributed by atoms with van der Waals surface area (Å²) in [5, 5.41) is 4.47. The van der Waals surface area contributed by atoms with Crippen LogP contribution in [0.2, 0.25) is 5.02 Å². The monoisotopic (exact) mass is 329 g/mol. The average molecular weight is 331 g/mol. The molecule has 0 aliphatic heterocycles. The minimum Gasteiger partial charge on any atom is -0.310 e. The Morgan fingerprint density at radius 3 is 2.72 bits per heavy atom. The zero-order chi connectivity index (χ0) is 13.0. The molecule has 1 aromatic carbocycles. The van der Waals surface area contributed by atoms with Crippen molar-refractivity contribution in [2.24, 2.45) is 5.92 Å². The van der Waals surface area contributed by atoms with Gasteiger partial charge in [-0.05, 0) is 43.4 Å². The number of halogens is 2. The van der Waals surface area contributed by atoms with Gasteiger partial charge in [0.25, 0.3) is 0 Å². The van der Waals surface area contributed by atoms with Crippen molar-refractivity contribution in [2.45, 2.75) is 51.6 Å². The number of hydrogen-bond donors (Lipinski definition) is 1. The molecule has 1 aromatic rings. The van der Waals surface area contributed by atoms with Gasteiger partial charge in [-0.25, -0.2) is 0 Å². The molecule has 3 heteroatoms. The molecule has 0 saturated heterocycles. The lowest BCUT2D eigenvalue weighted by Crippen LogP contribution is -2.34. The molecule has 2 rings (SSSR count). The molecule has 1 aliphatic carbocycles. The van der Waals surface area contributed by atoms with Crippen LogP contribution in [0.25, 0.3) is 0 Å². The predicted octanol–water partition coefficient (Wildman–Crippen LogP) is 5.16. The van der Waals surface area contributed by atoms with Gasteiger partial charge in [0.05, 0.1) is 0 Å². The third-order valence-corrected chi connectivity index (χ3v) is 4.83. The fraction of sp³-hybridized carbons (Fsp3) is 0.600. The van der Waals surface area contributed by atoms with Gasteiger partial charge in [-0.3, -0.25) is 0 Å². The predicted molar refractivity (Wildman–Crippen MR) is 82.0 cm³/mol. The van der Waals surface area contributed by atoms with E-state index < -0.39 is 0 Å². The highest BCUT2D eigenvalue weighted by Crippen LogP contribution is 2.27. The molecule has 1 nitrogen and oxygen atoms in total. The van der Waals surface area contributed by atoms with Crippen molar-refractivity contribution in [1.29, 1.82) is 0 Å². The van der Waals surface area contributed by atoms with Gasteiger partial charge in [0.2, 0.25) is 0 Å². The van der Waals surface area contributed by atoms with E-state index in [4.69, 9.17) is 11.6 Å². The lowest BCUT2D eigenvalue weighted by molar-refractivity contribution is 0.280. The summed E-state index contributed by atoms with van der Waals surface area (Å²) in [4.78, 5) is 0. The maximum Gasteiger partial charge on any atom is 0.0462 e. The van der Waals surface area contributed by atoms with Crippen molar-refractivity contribution in [3.05, 3.63) is 33.3 Å². The fourth-order valence-electron chi connectivity index (χ4n) is 2.74. The molecule has 0 amide bonds. The van der Waals surface area contributed by atoms with Gasteiger partial charge in [0, 0.05) is 22.1 Å². The van der Waals surface area contributed by atoms with Crippen LogP contribution in [-0.2, 0) is 6.54 Å². The number of rotatable bonds is 4. The SMILES string of the molecule is C[C@@H](NCc1ccc(Br)cc1Cl)C1CCCCC1. The van der Waals surface area contributed by atoms with E-state index in [1.807, 2.05) is 12.1 Å². The third kappa shape index (κ3) is 3.97. The lowest BCUT2D eigenvalue weighted by atomic mass is 9.84. The standard InChI is InChI=1S/C15H21BrClN/c1-11(12-5-3-2-4-6-12)18-10-13-7-8-14(16)9-15(13)17/h7-9,11-12,18H,2-6,10H2,1H3/t11-/m1/s1. The third-order valence-electron chi connectivity index (χ3n) is 3.99. The Balaban J connectivity index is 1.86. The molecular formula is C15H21BrClN. The zero-order valence-electron chi connectivity index (χ0n) is 10.9. The van der Waals surface area contributed by atoms with Crippen molar-refractivity contribution in [2.75, 3.05) is 0 Å². The van der Waals surface area contributed by atoms with Gasteiger partial charge in [0.15, 0.2) is 0 Å². The molecule has 1 N–H and O–H groups in total. The van der Waals surface area contributed by atoms with E-state index in [0.29, 0.717) is 6.04 Å². The summed E-state index contributed by atoms with van der Waals surface area (Å²) in [7, 11) is 0. The van der Waals surface area contributed by atoms with E-state index in [-0.39, 0.29) is 0 Å².